The van der Waals surface area contributed by atoms with Crippen molar-refractivity contribution in [1.82, 2.24) is 9.80 Å². The van der Waals surface area contributed by atoms with Gasteiger partial charge >= 0.3 is 6.18 Å². The van der Waals surface area contributed by atoms with Crippen LogP contribution in [0, 0.1) is 0 Å². The molecule has 0 unspecified atom stereocenters. The molecule has 28 heavy (non-hydrogen) atoms. The third-order valence-electron chi connectivity index (χ3n) is 4.42. The van der Waals surface area contributed by atoms with E-state index in [-0.39, 0.29) is 37.0 Å². The molecule has 2 N–H and O–H groups in total. The number of halogens is 4. The molecule has 1 aliphatic rings. The molecule has 0 aromatic heterocycles. The molecule has 0 radical (unpaired) electrons. The number of carbonyl (C=O) groups excluding carboxylic acids is 2. The quantitative estimate of drug-likeness (QED) is 0.768. The van der Waals surface area contributed by atoms with E-state index < -0.39 is 17.6 Å². The summed E-state index contributed by atoms with van der Waals surface area (Å²) in [5.74, 6) is -0.661. The summed E-state index contributed by atoms with van der Waals surface area (Å²) < 4.78 is 38.5. The zero-order chi connectivity index (χ0) is 19.6. The van der Waals surface area contributed by atoms with Crippen LogP contribution in [-0.4, -0.2) is 47.8 Å². The van der Waals surface area contributed by atoms with Gasteiger partial charge in [0.1, 0.15) is 0 Å². The summed E-state index contributed by atoms with van der Waals surface area (Å²) in [6.45, 7) is 1.11. The number of hydrogen-bond acceptors (Lipinski definition) is 3. The molecule has 9 heteroatoms. The molecule has 0 spiro atoms. The van der Waals surface area contributed by atoms with Crippen LogP contribution in [0.25, 0.3) is 0 Å². The smallest absolute Gasteiger partial charge is 0.399 e. The second kappa shape index (κ2) is 8.52. The summed E-state index contributed by atoms with van der Waals surface area (Å²) in [5, 5.41) is 0. The van der Waals surface area contributed by atoms with E-state index in [0.29, 0.717) is 24.3 Å². The van der Waals surface area contributed by atoms with Crippen LogP contribution in [0.2, 0.25) is 0 Å². The number of hydrogen-bond donors (Lipinski definition) is 1. The van der Waals surface area contributed by atoms with Crippen molar-refractivity contribution in [2.24, 2.45) is 0 Å². The highest BCUT2D eigenvalue weighted by atomic mass is 35.5. The van der Waals surface area contributed by atoms with E-state index >= 15 is 0 Å². The van der Waals surface area contributed by atoms with Gasteiger partial charge in [0, 0.05) is 43.0 Å². The van der Waals surface area contributed by atoms with Crippen molar-refractivity contribution in [2.45, 2.75) is 6.18 Å². The van der Waals surface area contributed by atoms with Gasteiger partial charge in [-0.15, -0.1) is 12.4 Å². The lowest BCUT2D eigenvalue weighted by Crippen LogP contribution is -2.50. The highest BCUT2D eigenvalue weighted by Crippen LogP contribution is 2.29. The Balaban J connectivity index is 0.00000280. The summed E-state index contributed by atoms with van der Waals surface area (Å²) in [5.41, 5.74) is 5.77. The van der Waals surface area contributed by atoms with Crippen molar-refractivity contribution in [3.8, 4) is 0 Å². The van der Waals surface area contributed by atoms with E-state index in [9.17, 15) is 22.8 Å². The Bertz CT molecular complexity index is 865. The number of amides is 2. The van der Waals surface area contributed by atoms with Crippen molar-refractivity contribution in [1.29, 1.82) is 0 Å². The molecule has 150 valence electrons. The van der Waals surface area contributed by atoms with Crippen molar-refractivity contribution >= 4 is 29.9 Å². The molecule has 1 saturated heterocycles. The zero-order valence-electron chi connectivity index (χ0n) is 14.8. The van der Waals surface area contributed by atoms with Gasteiger partial charge in [0.15, 0.2) is 0 Å². The van der Waals surface area contributed by atoms with Gasteiger partial charge in [0.25, 0.3) is 11.8 Å². The molecule has 2 aromatic rings. The number of nitrogens with zero attached hydrogens (tertiary/aromatic N) is 2. The number of benzene rings is 2. The maximum absolute atomic E-state index is 12.8. The number of nitrogens with two attached hydrogens (primary N) is 1. The highest BCUT2D eigenvalue weighted by Gasteiger charge is 2.32. The number of alkyl halides is 3. The van der Waals surface area contributed by atoms with Gasteiger partial charge < -0.3 is 15.5 Å². The Morgan fingerprint density at radius 2 is 1.29 bits per heavy atom. The fourth-order valence-electron chi connectivity index (χ4n) is 2.98. The third-order valence-corrected chi connectivity index (χ3v) is 4.42. The Hall–Kier alpha value is -2.74. The van der Waals surface area contributed by atoms with Crippen molar-refractivity contribution in [2.75, 3.05) is 31.9 Å². The van der Waals surface area contributed by atoms with Gasteiger partial charge in [0.05, 0.1) is 5.56 Å². The molecular formula is C19H19ClF3N3O2. The average Bonchev–Trinajstić information content (AvgIpc) is 2.66. The first-order valence-corrected chi connectivity index (χ1v) is 8.37. The lowest BCUT2D eigenvalue weighted by atomic mass is 10.1. The van der Waals surface area contributed by atoms with E-state index in [1.807, 2.05) is 0 Å². The van der Waals surface area contributed by atoms with Crippen molar-refractivity contribution < 1.29 is 22.8 Å². The Morgan fingerprint density at radius 3 is 1.75 bits per heavy atom. The third kappa shape index (κ3) is 4.75. The van der Waals surface area contributed by atoms with E-state index in [1.165, 1.54) is 17.0 Å². The standard InChI is InChI=1S/C19H18F3N3O2.ClH/c20-19(21,22)15-5-1-3-13(11-15)17(26)24-7-9-25(10-8-24)18(27)14-4-2-6-16(23)12-14;/h1-6,11-12H,7-10,23H2;1H. The van der Waals surface area contributed by atoms with Gasteiger partial charge in [-0.25, -0.2) is 0 Å². The van der Waals surface area contributed by atoms with E-state index in [1.54, 1.807) is 29.2 Å². The minimum Gasteiger partial charge on any atom is -0.399 e. The van der Waals surface area contributed by atoms with Gasteiger partial charge in [0.2, 0.25) is 0 Å². The topological polar surface area (TPSA) is 66.6 Å². The predicted octanol–water partition coefficient (Wildman–Crippen LogP) is 3.31. The van der Waals surface area contributed by atoms with Gasteiger partial charge in [-0.1, -0.05) is 12.1 Å². The number of nitrogen functional groups attached to an aromatic ring is 1. The Morgan fingerprint density at radius 1 is 0.821 bits per heavy atom. The zero-order valence-corrected chi connectivity index (χ0v) is 15.6. The number of anilines is 1. The van der Waals surface area contributed by atoms with Gasteiger partial charge in [-0.2, -0.15) is 13.2 Å². The largest absolute Gasteiger partial charge is 0.416 e. The molecule has 5 nitrogen and oxygen atoms in total. The second-order valence-corrected chi connectivity index (χ2v) is 6.29. The molecule has 0 saturated carbocycles. The van der Waals surface area contributed by atoms with Crippen LogP contribution in [0.4, 0.5) is 18.9 Å². The number of piperazine rings is 1. The molecule has 1 heterocycles. The van der Waals surface area contributed by atoms with Crippen LogP contribution in [0.15, 0.2) is 48.5 Å². The van der Waals surface area contributed by atoms with Crippen LogP contribution in [0.1, 0.15) is 26.3 Å². The minimum absolute atomic E-state index is 0. The molecule has 0 bridgehead atoms. The number of rotatable bonds is 2. The maximum atomic E-state index is 12.8. The van der Waals surface area contributed by atoms with Gasteiger partial charge in [-0.3, -0.25) is 9.59 Å². The summed E-state index contributed by atoms with van der Waals surface area (Å²) in [7, 11) is 0. The summed E-state index contributed by atoms with van der Waals surface area (Å²) in [4.78, 5) is 28.1. The van der Waals surface area contributed by atoms with Crippen LogP contribution in [0.3, 0.4) is 0 Å². The molecule has 3 rings (SSSR count). The molecule has 0 aliphatic carbocycles. The first kappa shape index (κ1) is 21.6. The monoisotopic (exact) mass is 413 g/mol. The van der Waals surface area contributed by atoms with Crippen LogP contribution in [0.5, 0.6) is 0 Å². The van der Waals surface area contributed by atoms with Crippen molar-refractivity contribution in [3.63, 3.8) is 0 Å². The first-order valence-electron chi connectivity index (χ1n) is 8.37. The van der Waals surface area contributed by atoms with E-state index in [4.69, 9.17) is 5.73 Å². The fraction of sp³-hybridized carbons (Fsp3) is 0.263. The predicted molar refractivity (Wildman–Crippen MR) is 101 cm³/mol. The Kier molecular flexibility index (Phi) is 6.56. The minimum atomic E-state index is -4.50. The SMILES string of the molecule is Cl.Nc1cccc(C(=O)N2CCN(C(=O)c3cccc(C(F)(F)F)c3)CC2)c1. The Labute approximate surface area is 166 Å². The van der Waals surface area contributed by atoms with E-state index in [2.05, 4.69) is 0 Å². The fourth-order valence-corrected chi connectivity index (χ4v) is 2.98. The summed E-state index contributed by atoms with van der Waals surface area (Å²) in [6.07, 6.45) is -4.50. The lowest BCUT2D eigenvalue weighted by Gasteiger charge is -2.35. The van der Waals surface area contributed by atoms with Crippen molar-refractivity contribution in [3.05, 3.63) is 65.2 Å². The van der Waals surface area contributed by atoms with E-state index in [0.717, 1.165) is 12.1 Å². The number of carbonyl (C=O) groups is 2. The van der Waals surface area contributed by atoms with Crippen LogP contribution in [-0.2, 0) is 6.18 Å². The molecule has 0 atom stereocenters. The van der Waals surface area contributed by atoms with Gasteiger partial charge in [-0.05, 0) is 36.4 Å². The molecule has 2 amide bonds. The highest BCUT2D eigenvalue weighted by molar-refractivity contribution is 5.96. The molecular weight excluding hydrogens is 395 g/mol. The summed E-state index contributed by atoms with van der Waals surface area (Å²) >= 11 is 0. The van der Waals surface area contributed by atoms with Crippen LogP contribution < -0.4 is 5.73 Å². The first-order chi connectivity index (χ1) is 12.8. The molecule has 1 aliphatic heterocycles. The average molecular weight is 414 g/mol. The summed E-state index contributed by atoms with van der Waals surface area (Å²) in [6, 6.07) is 11.0. The lowest BCUT2D eigenvalue weighted by molar-refractivity contribution is -0.137. The van der Waals surface area contributed by atoms with Crippen LogP contribution >= 0.6 is 12.4 Å². The molecule has 2 aromatic carbocycles. The molecule has 1 fully saturated rings. The maximum Gasteiger partial charge on any atom is 0.416 e. The normalized spacial score (nSPS) is 14.4. The second-order valence-electron chi connectivity index (χ2n) is 6.29.